The lowest BCUT2D eigenvalue weighted by molar-refractivity contribution is -0.126. The van der Waals surface area contributed by atoms with Crippen LogP contribution in [0.25, 0.3) is 0 Å². The molecule has 0 bridgehead atoms. The first-order valence-corrected chi connectivity index (χ1v) is 6.79. The number of carbonyl (C=O) groups is 1. The Bertz CT molecular complexity index is 548. The average Bonchev–Trinajstić information content (AvgIpc) is 2.58. The molecule has 10 heteroatoms. The number of aromatic nitrogens is 1. The van der Waals surface area contributed by atoms with Crippen LogP contribution in [0.1, 0.15) is 5.69 Å². The molecular weight excluding hydrogens is 270 g/mol. The maximum absolute atomic E-state index is 11.5. The zero-order valence-corrected chi connectivity index (χ0v) is 10.5. The Hall–Kier alpha value is -1.68. The van der Waals surface area contributed by atoms with Crippen LogP contribution in [-0.4, -0.2) is 38.4 Å². The number of nitrogens with two attached hydrogens (primary N) is 1. The number of rotatable bonds is 4. The molecule has 1 heterocycles. The van der Waals surface area contributed by atoms with Gasteiger partial charge in [0.15, 0.2) is 5.13 Å². The third-order valence-electron chi connectivity index (χ3n) is 1.37. The van der Waals surface area contributed by atoms with Crippen molar-refractivity contribution >= 4 is 38.3 Å². The molecular formula is C7H9N3O5S2. The van der Waals surface area contributed by atoms with E-state index in [1.165, 1.54) is 12.5 Å². The second kappa shape index (κ2) is 5.10. The normalized spacial score (nSPS) is 12.2. The number of hydrogen-bond acceptors (Lipinski definition) is 9. The number of thiazole rings is 1. The molecule has 2 N–H and O–H groups in total. The van der Waals surface area contributed by atoms with Crippen molar-refractivity contribution in [2.45, 2.75) is 0 Å². The molecule has 1 aromatic rings. The summed E-state index contributed by atoms with van der Waals surface area (Å²) in [7, 11) is -2.73. The van der Waals surface area contributed by atoms with Crippen LogP contribution in [0.2, 0.25) is 0 Å². The molecule has 8 nitrogen and oxygen atoms in total. The summed E-state index contributed by atoms with van der Waals surface area (Å²) >= 11 is 1.07. The van der Waals surface area contributed by atoms with Crippen LogP contribution in [0, 0.1) is 0 Å². The van der Waals surface area contributed by atoms with E-state index in [4.69, 9.17) is 5.73 Å². The molecule has 17 heavy (non-hydrogen) atoms. The molecule has 0 saturated carbocycles. The second-order valence-electron chi connectivity index (χ2n) is 2.77. The van der Waals surface area contributed by atoms with Gasteiger partial charge in [0.25, 0.3) is 0 Å². The predicted octanol–water partition coefficient (Wildman–Crippen LogP) is -0.421. The van der Waals surface area contributed by atoms with Crippen LogP contribution in [0.3, 0.4) is 0 Å². The highest BCUT2D eigenvalue weighted by Gasteiger charge is 2.23. The highest BCUT2D eigenvalue weighted by Crippen LogP contribution is 2.13. The molecule has 0 radical (unpaired) electrons. The Balaban J connectivity index is 3.03. The molecule has 0 amide bonds. The van der Waals surface area contributed by atoms with Crippen molar-refractivity contribution < 1.29 is 22.2 Å². The Morgan fingerprint density at radius 3 is 2.65 bits per heavy atom. The quantitative estimate of drug-likeness (QED) is 0.451. The van der Waals surface area contributed by atoms with E-state index < -0.39 is 16.1 Å². The van der Waals surface area contributed by atoms with Crippen molar-refractivity contribution in [1.29, 1.82) is 0 Å². The molecule has 1 rings (SSSR count). The van der Waals surface area contributed by atoms with E-state index in [9.17, 15) is 13.2 Å². The van der Waals surface area contributed by atoms with Gasteiger partial charge < -0.3 is 14.8 Å². The number of carbonyl (C=O) groups excluding carboxylic acids is 1. The van der Waals surface area contributed by atoms with Gasteiger partial charge in [-0.15, -0.1) is 11.3 Å². The van der Waals surface area contributed by atoms with Crippen molar-refractivity contribution in [3.05, 3.63) is 11.1 Å². The number of oxime groups is 1. The maximum atomic E-state index is 11.5. The van der Waals surface area contributed by atoms with Gasteiger partial charge in [-0.2, -0.15) is 8.42 Å². The van der Waals surface area contributed by atoms with Crippen LogP contribution in [0.5, 0.6) is 0 Å². The fourth-order valence-electron chi connectivity index (χ4n) is 0.853. The van der Waals surface area contributed by atoms with E-state index in [2.05, 4.69) is 19.2 Å². The lowest BCUT2D eigenvalue weighted by atomic mass is 10.3. The van der Waals surface area contributed by atoms with Crippen molar-refractivity contribution in [3.8, 4) is 0 Å². The molecule has 0 atom stereocenters. The van der Waals surface area contributed by atoms with Crippen molar-refractivity contribution in [3.63, 3.8) is 0 Å². The summed E-state index contributed by atoms with van der Waals surface area (Å²) in [6.45, 7) is 0. The molecule has 0 aliphatic rings. The van der Waals surface area contributed by atoms with Gasteiger partial charge in [-0.1, -0.05) is 5.16 Å². The lowest BCUT2D eigenvalue weighted by Crippen LogP contribution is -2.22. The van der Waals surface area contributed by atoms with Crippen LogP contribution >= 0.6 is 11.3 Å². The Morgan fingerprint density at radius 2 is 2.24 bits per heavy atom. The number of nitrogen functional groups attached to an aromatic ring is 1. The van der Waals surface area contributed by atoms with Gasteiger partial charge in [0, 0.05) is 5.38 Å². The smallest absolute Gasteiger partial charge is 0.378 e. The van der Waals surface area contributed by atoms with E-state index in [-0.39, 0.29) is 16.5 Å². The third-order valence-corrected chi connectivity index (χ3v) is 2.50. The monoisotopic (exact) mass is 279 g/mol. The van der Waals surface area contributed by atoms with Gasteiger partial charge in [-0.05, 0) is 0 Å². The van der Waals surface area contributed by atoms with E-state index in [0.29, 0.717) is 0 Å². The molecule has 0 aliphatic carbocycles. The Morgan fingerprint density at radius 1 is 1.59 bits per heavy atom. The van der Waals surface area contributed by atoms with E-state index in [1.54, 1.807) is 0 Å². The van der Waals surface area contributed by atoms with Crippen LogP contribution < -0.4 is 5.73 Å². The van der Waals surface area contributed by atoms with Gasteiger partial charge in [0.05, 0.1) is 6.26 Å². The highest BCUT2D eigenvalue weighted by atomic mass is 32.2. The molecule has 1 aromatic heterocycles. The molecule has 0 aliphatic heterocycles. The zero-order chi connectivity index (χ0) is 13.1. The van der Waals surface area contributed by atoms with Crippen molar-refractivity contribution in [1.82, 2.24) is 4.98 Å². The van der Waals surface area contributed by atoms with E-state index >= 15 is 0 Å². The summed E-state index contributed by atoms with van der Waals surface area (Å²) < 4.78 is 25.8. The van der Waals surface area contributed by atoms with E-state index in [0.717, 1.165) is 17.6 Å². The van der Waals surface area contributed by atoms with Gasteiger partial charge >= 0.3 is 16.1 Å². The fourth-order valence-corrected chi connectivity index (χ4v) is 1.75. The molecule has 94 valence electrons. The van der Waals surface area contributed by atoms with Gasteiger partial charge in [-0.25, -0.2) is 9.78 Å². The summed E-state index contributed by atoms with van der Waals surface area (Å²) in [5.74, 6) is -1.18. The Kier molecular flexibility index (Phi) is 4.02. The van der Waals surface area contributed by atoms with Crippen LogP contribution in [-0.2, 0) is 23.9 Å². The standard InChI is InChI=1S/C7H9N3O5S2/c1-14-10-5(4-3-16-7(8)9-4)6(11)15-17(2,12)13/h3H,1-2H3,(H2,8,9)/b10-5+. The lowest BCUT2D eigenvalue weighted by Gasteiger charge is -2.01. The second-order valence-corrected chi connectivity index (χ2v) is 5.23. The van der Waals surface area contributed by atoms with Crippen molar-refractivity contribution in [2.75, 3.05) is 19.1 Å². The minimum Gasteiger partial charge on any atom is -0.398 e. The number of anilines is 1. The van der Waals surface area contributed by atoms with E-state index in [1.807, 2.05) is 0 Å². The summed E-state index contributed by atoms with van der Waals surface area (Å²) in [5, 5.41) is 4.99. The largest absolute Gasteiger partial charge is 0.398 e. The maximum Gasteiger partial charge on any atom is 0.378 e. The third kappa shape index (κ3) is 4.00. The topological polar surface area (TPSA) is 121 Å². The van der Waals surface area contributed by atoms with Gasteiger partial charge in [0.1, 0.15) is 12.8 Å². The molecule has 0 fully saturated rings. The number of nitrogens with zero attached hydrogens (tertiary/aromatic N) is 2. The molecule has 0 unspecified atom stereocenters. The first-order valence-electron chi connectivity index (χ1n) is 4.10. The van der Waals surface area contributed by atoms with Crippen LogP contribution in [0.4, 0.5) is 5.13 Å². The Labute approximate surface area is 101 Å². The summed E-state index contributed by atoms with van der Waals surface area (Å²) in [6.07, 6.45) is 0.741. The molecule has 0 saturated heterocycles. The fraction of sp³-hybridized carbons (Fsp3) is 0.286. The minimum absolute atomic E-state index is 0.0861. The molecule has 0 aromatic carbocycles. The first-order chi connectivity index (χ1) is 7.83. The van der Waals surface area contributed by atoms with Gasteiger partial charge in [-0.3, -0.25) is 0 Å². The highest BCUT2D eigenvalue weighted by molar-refractivity contribution is 7.86. The molecule has 0 spiro atoms. The zero-order valence-electron chi connectivity index (χ0n) is 8.91. The summed E-state index contributed by atoms with van der Waals surface area (Å²) in [6, 6.07) is 0. The first kappa shape index (κ1) is 13.4. The average molecular weight is 279 g/mol. The van der Waals surface area contributed by atoms with Gasteiger partial charge in [0.2, 0.25) is 5.71 Å². The summed E-state index contributed by atoms with van der Waals surface area (Å²) in [5.41, 5.74) is 5.10. The minimum atomic E-state index is -3.93. The van der Waals surface area contributed by atoms with Crippen LogP contribution in [0.15, 0.2) is 10.5 Å². The predicted molar refractivity (Wildman–Crippen MR) is 61.0 cm³/mol. The SMILES string of the molecule is CO/N=C(/C(=O)OS(C)(=O)=O)c1csc(N)n1. The van der Waals surface area contributed by atoms with Crippen molar-refractivity contribution in [2.24, 2.45) is 5.16 Å². The summed E-state index contributed by atoms with van der Waals surface area (Å²) in [4.78, 5) is 19.7. The number of hydrogen-bond donors (Lipinski definition) is 1.